The summed E-state index contributed by atoms with van der Waals surface area (Å²) in [4.78, 5) is 14.3. The van der Waals surface area contributed by atoms with Crippen LogP contribution in [-0.2, 0) is 9.53 Å². The molecular weight excluding hydrogens is 270 g/mol. The van der Waals surface area contributed by atoms with E-state index < -0.39 is 0 Å². The lowest BCUT2D eigenvalue weighted by molar-refractivity contribution is -0.111. The van der Waals surface area contributed by atoms with E-state index in [2.05, 4.69) is 39.5 Å². The van der Waals surface area contributed by atoms with Crippen LogP contribution < -0.4 is 0 Å². The van der Waals surface area contributed by atoms with E-state index in [1.807, 2.05) is 0 Å². The summed E-state index contributed by atoms with van der Waals surface area (Å²) in [5, 5.41) is 0.332. The summed E-state index contributed by atoms with van der Waals surface area (Å²) in [6.07, 6.45) is 1.81. The van der Waals surface area contributed by atoms with Gasteiger partial charge in [-0.05, 0) is 17.3 Å². The SMILES string of the molecule is CC(C)(C)CC(C)(C)CSC(=O)CCN1CCOCC1. The molecule has 1 fully saturated rings. The van der Waals surface area contributed by atoms with E-state index in [0.29, 0.717) is 17.0 Å². The van der Waals surface area contributed by atoms with Gasteiger partial charge in [-0.3, -0.25) is 9.69 Å². The number of nitrogens with zero attached hydrogens (tertiary/aromatic N) is 1. The van der Waals surface area contributed by atoms with Crippen LogP contribution in [0.15, 0.2) is 0 Å². The normalized spacial score (nSPS) is 18.2. The van der Waals surface area contributed by atoms with E-state index in [0.717, 1.165) is 45.0 Å². The van der Waals surface area contributed by atoms with Crippen molar-refractivity contribution in [1.82, 2.24) is 4.90 Å². The summed E-state index contributed by atoms with van der Waals surface area (Å²) >= 11 is 1.52. The van der Waals surface area contributed by atoms with Crippen LogP contribution in [0.3, 0.4) is 0 Å². The maximum atomic E-state index is 12.0. The van der Waals surface area contributed by atoms with Gasteiger partial charge in [0.25, 0.3) is 0 Å². The zero-order valence-corrected chi connectivity index (χ0v) is 14.6. The zero-order valence-electron chi connectivity index (χ0n) is 13.8. The predicted octanol–water partition coefficient (Wildman–Crippen LogP) is 3.43. The second-order valence-corrected chi connectivity index (χ2v) is 8.80. The van der Waals surface area contributed by atoms with Gasteiger partial charge in [0.1, 0.15) is 0 Å². The molecule has 20 heavy (non-hydrogen) atoms. The summed E-state index contributed by atoms with van der Waals surface area (Å²) in [5.41, 5.74) is 0.540. The number of carbonyl (C=O) groups is 1. The average Bonchev–Trinajstić information content (AvgIpc) is 2.32. The van der Waals surface area contributed by atoms with Gasteiger partial charge in [-0.2, -0.15) is 0 Å². The fraction of sp³-hybridized carbons (Fsp3) is 0.938. The van der Waals surface area contributed by atoms with Gasteiger partial charge in [0, 0.05) is 31.8 Å². The Morgan fingerprint density at radius 2 is 1.75 bits per heavy atom. The number of morpholine rings is 1. The summed E-state index contributed by atoms with van der Waals surface area (Å²) in [6, 6.07) is 0. The van der Waals surface area contributed by atoms with Crippen LogP contribution in [0, 0.1) is 10.8 Å². The Bertz CT molecular complexity index is 304. The van der Waals surface area contributed by atoms with Crippen molar-refractivity contribution in [2.45, 2.75) is 47.5 Å². The number of thioether (sulfide) groups is 1. The van der Waals surface area contributed by atoms with Crippen LogP contribution >= 0.6 is 11.8 Å². The highest BCUT2D eigenvalue weighted by Gasteiger charge is 2.26. The molecule has 1 aliphatic rings. The van der Waals surface area contributed by atoms with Gasteiger partial charge in [-0.1, -0.05) is 46.4 Å². The molecule has 0 amide bonds. The Hall–Kier alpha value is -0.0600. The molecule has 1 aliphatic heterocycles. The van der Waals surface area contributed by atoms with Gasteiger partial charge in [0.2, 0.25) is 0 Å². The maximum absolute atomic E-state index is 12.0. The van der Waals surface area contributed by atoms with Crippen LogP contribution in [0.1, 0.15) is 47.5 Å². The average molecular weight is 301 g/mol. The molecule has 0 aliphatic carbocycles. The Kier molecular flexibility index (Phi) is 7.02. The molecule has 0 spiro atoms. The second kappa shape index (κ2) is 7.81. The summed E-state index contributed by atoms with van der Waals surface area (Å²) in [6.45, 7) is 15.7. The molecule has 4 heteroatoms. The Labute approximate surface area is 128 Å². The third-order valence-electron chi connectivity index (χ3n) is 3.37. The summed E-state index contributed by atoms with van der Waals surface area (Å²) in [7, 11) is 0. The topological polar surface area (TPSA) is 29.5 Å². The highest BCUT2D eigenvalue weighted by atomic mass is 32.2. The summed E-state index contributed by atoms with van der Waals surface area (Å²) in [5.74, 6) is 0.923. The molecule has 0 aromatic carbocycles. The lowest BCUT2D eigenvalue weighted by Gasteiger charge is -2.32. The molecule has 3 nitrogen and oxygen atoms in total. The second-order valence-electron chi connectivity index (χ2n) is 7.77. The molecule has 0 N–H and O–H groups in total. The highest BCUT2D eigenvalue weighted by Crippen LogP contribution is 2.35. The number of ether oxygens (including phenoxy) is 1. The molecule has 0 atom stereocenters. The number of rotatable bonds is 6. The van der Waals surface area contributed by atoms with Crippen molar-refractivity contribution in [3.05, 3.63) is 0 Å². The van der Waals surface area contributed by atoms with Crippen LogP contribution in [0.2, 0.25) is 0 Å². The molecule has 118 valence electrons. The van der Waals surface area contributed by atoms with Gasteiger partial charge in [0.05, 0.1) is 13.2 Å². The van der Waals surface area contributed by atoms with Gasteiger partial charge in [-0.25, -0.2) is 0 Å². The lowest BCUT2D eigenvalue weighted by atomic mass is 9.77. The Morgan fingerprint density at radius 3 is 2.30 bits per heavy atom. The fourth-order valence-corrected chi connectivity index (χ4v) is 3.80. The predicted molar refractivity (Wildman–Crippen MR) is 87.2 cm³/mol. The number of hydrogen-bond acceptors (Lipinski definition) is 4. The largest absolute Gasteiger partial charge is 0.379 e. The first-order valence-electron chi connectivity index (χ1n) is 7.64. The molecule has 0 radical (unpaired) electrons. The highest BCUT2D eigenvalue weighted by molar-refractivity contribution is 8.13. The van der Waals surface area contributed by atoms with Gasteiger partial charge in [-0.15, -0.1) is 0 Å². The minimum absolute atomic E-state index is 0.220. The number of carbonyl (C=O) groups excluding carboxylic acids is 1. The van der Waals surface area contributed by atoms with Crippen molar-refractivity contribution in [3.63, 3.8) is 0 Å². The van der Waals surface area contributed by atoms with Crippen molar-refractivity contribution >= 4 is 16.9 Å². The monoisotopic (exact) mass is 301 g/mol. The molecule has 0 saturated carbocycles. The Balaban J connectivity index is 2.21. The van der Waals surface area contributed by atoms with Crippen molar-refractivity contribution in [2.75, 3.05) is 38.6 Å². The van der Waals surface area contributed by atoms with E-state index in [1.54, 1.807) is 0 Å². The zero-order chi connectivity index (χ0) is 15.2. The van der Waals surface area contributed by atoms with E-state index in [9.17, 15) is 4.79 Å². The van der Waals surface area contributed by atoms with Gasteiger partial charge < -0.3 is 4.74 Å². The lowest BCUT2D eigenvalue weighted by Crippen LogP contribution is -2.37. The maximum Gasteiger partial charge on any atom is 0.190 e. The van der Waals surface area contributed by atoms with Crippen molar-refractivity contribution < 1.29 is 9.53 Å². The van der Waals surface area contributed by atoms with Crippen molar-refractivity contribution in [3.8, 4) is 0 Å². The first-order chi connectivity index (χ1) is 9.18. The molecule has 1 rings (SSSR count). The van der Waals surface area contributed by atoms with Crippen LogP contribution in [-0.4, -0.2) is 48.6 Å². The van der Waals surface area contributed by atoms with Gasteiger partial charge >= 0.3 is 0 Å². The van der Waals surface area contributed by atoms with Crippen molar-refractivity contribution in [2.24, 2.45) is 10.8 Å². The minimum Gasteiger partial charge on any atom is -0.379 e. The van der Waals surface area contributed by atoms with E-state index in [4.69, 9.17) is 4.74 Å². The first kappa shape index (κ1) is 18.0. The Morgan fingerprint density at radius 1 is 1.15 bits per heavy atom. The minimum atomic E-state index is 0.220. The summed E-state index contributed by atoms with van der Waals surface area (Å²) < 4.78 is 5.31. The van der Waals surface area contributed by atoms with E-state index >= 15 is 0 Å². The first-order valence-corrected chi connectivity index (χ1v) is 8.62. The van der Waals surface area contributed by atoms with E-state index in [1.165, 1.54) is 11.8 Å². The molecule has 0 bridgehead atoms. The molecule has 0 aromatic rings. The molecule has 0 aromatic heterocycles. The molecule has 1 heterocycles. The van der Waals surface area contributed by atoms with Crippen LogP contribution in [0.25, 0.3) is 0 Å². The molecule has 0 unspecified atom stereocenters. The standard InChI is InChI=1S/C16H31NO2S/c1-15(2,3)12-16(4,5)13-20-14(18)6-7-17-8-10-19-11-9-17/h6-13H2,1-5H3. The van der Waals surface area contributed by atoms with E-state index in [-0.39, 0.29) is 5.41 Å². The third-order valence-corrected chi connectivity index (χ3v) is 4.82. The smallest absolute Gasteiger partial charge is 0.190 e. The fourth-order valence-electron chi connectivity index (χ4n) is 2.91. The van der Waals surface area contributed by atoms with Crippen LogP contribution in [0.4, 0.5) is 0 Å². The quantitative estimate of drug-likeness (QED) is 0.752. The molecular formula is C16H31NO2S. The molecule has 1 saturated heterocycles. The van der Waals surface area contributed by atoms with Gasteiger partial charge in [0.15, 0.2) is 5.12 Å². The third kappa shape index (κ3) is 8.28. The number of hydrogen-bond donors (Lipinski definition) is 0. The van der Waals surface area contributed by atoms with Crippen LogP contribution in [0.5, 0.6) is 0 Å². The van der Waals surface area contributed by atoms with Crippen molar-refractivity contribution in [1.29, 1.82) is 0 Å².